The number of pyridine rings is 1. The first-order valence-corrected chi connectivity index (χ1v) is 9.64. The van der Waals surface area contributed by atoms with E-state index in [1.54, 1.807) is 11.1 Å². The lowest BCUT2D eigenvalue weighted by molar-refractivity contribution is -0.111. The molecule has 3 rings (SSSR count). The van der Waals surface area contributed by atoms with E-state index in [1.165, 1.54) is 30.3 Å². The van der Waals surface area contributed by atoms with Gasteiger partial charge in [0.25, 0.3) is 5.91 Å². The van der Waals surface area contributed by atoms with Gasteiger partial charge < -0.3 is 15.1 Å². The maximum atomic E-state index is 13.1. The van der Waals surface area contributed by atoms with Gasteiger partial charge in [-0.3, -0.25) is 9.59 Å². The minimum Gasteiger partial charge on any atom is -0.355 e. The van der Waals surface area contributed by atoms with Crippen LogP contribution < -0.4 is 10.2 Å². The number of carbonyl (C=O) groups is 2. The second-order valence-electron chi connectivity index (χ2n) is 7.26. The second kappa shape index (κ2) is 9.32. The Morgan fingerprint density at radius 2 is 1.79 bits per heavy atom. The number of halogens is 1. The predicted octanol–water partition coefficient (Wildman–Crippen LogP) is 3.48. The Hall–Kier alpha value is -3.22. The highest BCUT2D eigenvalue weighted by molar-refractivity contribution is 5.99. The molecule has 1 aromatic carbocycles. The van der Waals surface area contributed by atoms with Crippen molar-refractivity contribution in [2.24, 2.45) is 0 Å². The number of allylic oxidation sites excluding steroid dienone is 1. The molecule has 0 atom stereocenters. The highest BCUT2D eigenvalue weighted by Gasteiger charge is 2.21. The molecule has 7 heteroatoms. The average Bonchev–Trinajstić information content (AvgIpc) is 2.94. The molecular weight excluding hydrogens is 371 g/mol. The summed E-state index contributed by atoms with van der Waals surface area (Å²) in [6.45, 7) is 6.38. The lowest BCUT2D eigenvalue weighted by Crippen LogP contribution is -2.35. The lowest BCUT2D eigenvalue weighted by Gasteiger charge is -2.23. The number of carbonyl (C=O) groups excluding carboxylic acids is 2. The van der Waals surface area contributed by atoms with Crippen molar-refractivity contribution in [2.75, 3.05) is 36.4 Å². The molecule has 152 valence electrons. The number of aromatic nitrogens is 1. The van der Waals surface area contributed by atoms with Gasteiger partial charge in [0.05, 0.1) is 11.9 Å². The van der Waals surface area contributed by atoms with Gasteiger partial charge in [0.1, 0.15) is 11.6 Å². The van der Waals surface area contributed by atoms with Gasteiger partial charge >= 0.3 is 0 Å². The van der Waals surface area contributed by atoms with Crippen molar-refractivity contribution in [2.45, 2.75) is 20.3 Å². The zero-order valence-electron chi connectivity index (χ0n) is 16.7. The van der Waals surface area contributed by atoms with Crippen molar-refractivity contribution in [3.63, 3.8) is 0 Å². The summed E-state index contributed by atoms with van der Waals surface area (Å²) >= 11 is 0. The van der Waals surface area contributed by atoms with Crippen molar-refractivity contribution >= 4 is 23.3 Å². The molecule has 29 heavy (non-hydrogen) atoms. The molecule has 0 unspecified atom stereocenters. The number of amides is 2. The number of rotatable bonds is 4. The minimum atomic E-state index is -0.352. The third kappa shape index (κ3) is 5.63. The molecule has 0 spiro atoms. The molecule has 1 fully saturated rings. The molecule has 1 saturated heterocycles. The smallest absolute Gasteiger partial charge is 0.253 e. The largest absolute Gasteiger partial charge is 0.355 e. The van der Waals surface area contributed by atoms with Gasteiger partial charge in [0.2, 0.25) is 5.91 Å². The lowest BCUT2D eigenvalue weighted by atomic mass is 10.2. The third-order valence-electron chi connectivity index (χ3n) is 4.63. The molecule has 1 aliphatic rings. The second-order valence-corrected chi connectivity index (χ2v) is 7.26. The van der Waals surface area contributed by atoms with Crippen molar-refractivity contribution < 1.29 is 14.0 Å². The minimum absolute atomic E-state index is 0.0860. The molecule has 1 aliphatic heterocycles. The van der Waals surface area contributed by atoms with Gasteiger partial charge in [-0.05, 0) is 56.7 Å². The summed E-state index contributed by atoms with van der Waals surface area (Å²) in [6, 6.07) is 9.34. The van der Waals surface area contributed by atoms with Crippen LogP contribution in [0.25, 0.3) is 0 Å². The monoisotopic (exact) mass is 396 g/mol. The van der Waals surface area contributed by atoms with E-state index in [9.17, 15) is 14.0 Å². The average molecular weight is 396 g/mol. The first kappa shape index (κ1) is 20.5. The standard InChI is InChI=1S/C22H25FN4O2/c1-16(2)14-21(28)25-19-8-9-20(24-15-19)26-10-3-11-27(13-12-26)22(29)17-4-6-18(23)7-5-17/h4-9,14-15H,3,10-13H2,1-2H3,(H,25,28). The summed E-state index contributed by atoms with van der Waals surface area (Å²) < 4.78 is 13.1. The zero-order chi connectivity index (χ0) is 20.8. The van der Waals surface area contributed by atoms with Crippen LogP contribution in [-0.2, 0) is 4.79 Å². The van der Waals surface area contributed by atoms with Gasteiger partial charge in [0, 0.05) is 37.8 Å². The Morgan fingerprint density at radius 1 is 1.03 bits per heavy atom. The summed E-state index contributed by atoms with van der Waals surface area (Å²) in [5.41, 5.74) is 2.06. The van der Waals surface area contributed by atoms with E-state index in [-0.39, 0.29) is 17.6 Å². The topological polar surface area (TPSA) is 65.5 Å². The van der Waals surface area contributed by atoms with Crippen LogP contribution in [0.15, 0.2) is 54.2 Å². The van der Waals surface area contributed by atoms with Crippen molar-refractivity contribution in [3.8, 4) is 0 Å². The quantitative estimate of drug-likeness (QED) is 0.804. The molecule has 1 aromatic heterocycles. The maximum Gasteiger partial charge on any atom is 0.253 e. The van der Waals surface area contributed by atoms with Gasteiger partial charge in [0.15, 0.2) is 0 Å². The first-order chi connectivity index (χ1) is 13.9. The molecule has 2 amide bonds. The van der Waals surface area contributed by atoms with Crippen molar-refractivity contribution in [1.82, 2.24) is 9.88 Å². The van der Waals surface area contributed by atoms with E-state index >= 15 is 0 Å². The Bertz CT molecular complexity index is 890. The highest BCUT2D eigenvalue weighted by atomic mass is 19.1. The van der Waals surface area contributed by atoms with E-state index in [1.807, 2.05) is 26.0 Å². The Kier molecular flexibility index (Phi) is 6.59. The predicted molar refractivity (Wildman–Crippen MR) is 111 cm³/mol. The number of hydrogen-bond donors (Lipinski definition) is 1. The van der Waals surface area contributed by atoms with Crippen LogP contribution in [0.4, 0.5) is 15.9 Å². The molecule has 0 aliphatic carbocycles. The van der Waals surface area contributed by atoms with E-state index < -0.39 is 0 Å². The number of benzene rings is 1. The summed E-state index contributed by atoms with van der Waals surface area (Å²) in [5, 5.41) is 2.78. The molecule has 0 saturated carbocycles. The van der Waals surface area contributed by atoms with Crippen LogP contribution in [0.3, 0.4) is 0 Å². The fourth-order valence-corrected chi connectivity index (χ4v) is 3.21. The zero-order valence-corrected chi connectivity index (χ0v) is 16.7. The highest BCUT2D eigenvalue weighted by Crippen LogP contribution is 2.17. The number of anilines is 2. The van der Waals surface area contributed by atoms with E-state index in [0.29, 0.717) is 30.9 Å². The third-order valence-corrected chi connectivity index (χ3v) is 4.63. The van der Waals surface area contributed by atoms with Crippen molar-refractivity contribution in [1.29, 1.82) is 0 Å². The fourth-order valence-electron chi connectivity index (χ4n) is 3.21. The van der Waals surface area contributed by atoms with E-state index in [0.717, 1.165) is 24.4 Å². The number of nitrogens with one attached hydrogen (secondary N) is 1. The Morgan fingerprint density at radius 3 is 2.45 bits per heavy atom. The molecule has 0 bridgehead atoms. The molecular formula is C22H25FN4O2. The summed E-state index contributed by atoms with van der Waals surface area (Å²) in [6.07, 6.45) is 3.99. The van der Waals surface area contributed by atoms with Gasteiger partial charge in [-0.15, -0.1) is 0 Å². The maximum absolute atomic E-state index is 13.1. The van der Waals surface area contributed by atoms with Crippen LogP contribution in [0.1, 0.15) is 30.6 Å². The van der Waals surface area contributed by atoms with Gasteiger partial charge in [-0.1, -0.05) is 5.57 Å². The SMILES string of the molecule is CC(C)=CC(=O)Nc1ccc(N2CCCN(C(=O)c3ccc(F)cc3)CC2)nc1. The Labute approximate surface area is 170 Å². The van der Waals surface area contributed by atoms with Crippen LogP contribution in [0.2, 0.25) is 0 Å². The summed E-state index contributed by atoms with van der Waals surface area (Å²) in [7, 11) is 0. The van der Waals surface area contributed by atoms with Crippen LogP contribution in [-0.4, -0.2) is 47.9 Å². The molecule has 2 heterocycles. The Balaban J connectivity index is 1.60. The summed E-state index contributed by atoms with van der Waals surface area (Å²) in [5.74, 6) is 0.192. The van der Waals surface area contributed by atoms with E-state index in [4.69, 9.17) is 0 Å². The van der Waals surface area contributed by atoms with E-state index in [2.05, 4.69) is 15.2 Å². The van der Waals surface area contributed by atoms with Gasteiger partial charge in [-0.2, -0.15) is 0 Å². The number of nitrogens with zero attached hydrogens (tertiary/aromatic N) is 3. The number of hydrogen-bond acceptors (Lipinski definition) is 4. The summed E-state index contributed by atoms with van der Waals surface area (Å²) in [4.78, 5) is 32.8. The fraction of sp³-hybridized carbons (Fsp3) is 0.318. The molecule has 1 N–H and O–H groups in total. The first-order valence-electron chi connectivity index (χ1n) is 9.64. The van der Waals surface area contributed by atoms with Gasteiger partial charge in [-0.25, -0.2) is 9.37 Å². The van der Waals surface area contributed by atoms with Crippen molar-refractivity contribution in [3.05, 3.63) is 65.6 Å². The van der Waals surface area contributed by atoms with Crippen LogP contribution >= 0.6 is 0 Å². The van der Waals surface area contributed by atoms with Crippen LogP contribution in [0, 0.1) is 5.82 Å². The molecule has 6 nitrogen and oxygen atoms in total. The molecule has 2 aromatic rings. The normalized spacial score (nSPS) is 14.2. The molecule has 0 radical (unpaired) electrons. The van der Waals surface area contributed by atoms with Crippen LogP contribution in [0.5, 0.6) is 0 Å².